The molecule has 0 aliphatic heterocycles. The van der Waals surface area contributed by atoms with Crippen LogP contribution in [0.3, 0.4) is 0 Å². The summed E-state index contributed by atoms with van der Waals surface area (Å²) < 4.78 is 5.62. The third-order valence-corrected chi connectivity index (χ3v) is 3.35. The van der Waals surface area contributed by atoms with Crippen LogP contribution in [-0.4, -0.2) is 24.2 Å². The second-order valence-electron chi connectivity index (χ2n) is 5.12. The summed E-state index contributed by atoms with van der Waals surface area (Å²) in [5, 5.41) is 3.51. The molecule has 0 amide bonds. The zero-order valence-electron chi connectivity index (χ0n) is 12.1. The number of rotatable bonds is 6. The van der Waals surface area contributed by atoms with E-state index >= 15 is 0 Å². The molecular weight excluding hydrogens is 226 g/mol. The van der Waals surface area contributed by atoms with E-state index in [0.717, 1.165) is 24.1 Å². The number of aromatic nitrogens is 1. The second kappa shape index (κ2) is 6.16. The summed E-state index contributed by atoms with van der Waals surface area (Å²) in [5.41, 5.74) is 7.88. The lowest BCUT2D eigenvalue weighted by atomic mass is 9.89. The Morgan fingerprint density at radius 1 is 1.50 bits per heavy atom. The first-order valence-electron chi connectivity index (χ1n) is 6.43. The van der Waals surface area contributed by atoms with Gasteiger partial charge in [0.25, 0.3) is 0 Å². The molecule has 0 spiro atoms. The van der Waals surface area contributed by atoms with E-state index in [4.69, 9.17) is 10.5 Å². The average Bonchev–Trinajstić information content (AvgIpc) is 2.32. The number of nitrogens with zero attached hydrogens (tertiary/aromatic N) is 1. The fourth-order valence-electron chi connectivity index (χ4n) is 2.07. The number of nitrogens with two attached hydrogens (primary N) is 1. The molecule has 3 N–H and O–H groups in total. The van der Waals surface area contributed by atoms with Crippen molar-refractivity contribution < 1.29 is 4.74 Å². The van der Waals surface area contributed by atoms with Crippen LogP contribution in [0, 0.1) is 6.92 Å². The van der Waals surface area contributed by atoms with Gasteiger partial charge in [-0.3, -0.25) is 0 Å². The van der Waals surface area contributed by atoms with Gasteiger partial charge >= 0.3 is 0 Å². The highest BCUT2D eigenvalue weighted by Crippen LogP contribution is 2.33. The molecule has 0 bridgehead atoms. The third kappa shape index (κ3) is 3.21. The molecule has 1 aromatic rings. The Hall–Kier alpha value is -1.13. The van der Waals surface area contributed by atoms with Gasteiger partial charge in [0.15, 0.2) is 0 Å². The molecule has 4 heteroatoms. The summed E-state index contributed by atoms with van der Waals surface area (Å²) in [5.74, 6) is 0.578. The number of hydrogen-bond acceptors (Lipinski definition) is 4. The molecule has 0 aromatic carbocycles. The predicted octanol–water partition coefficient (Wildman–Crippen LogP) is 2.44. The lowest BCUT2D eigenvalue weighted by Gasteiger charge is -2.35. The van der Waals surface area contributed by atoms with Gasteiger partial charge < -0.3 is 15.8 Å². The summed E-state index contributed by atoms with van der Waals surface area (Å²) in [6.07, 6.45) is 2.81. The highest BCUT2D eigenvalue weighted by molar-refractivity contribution is 5.47. The molecule has 1 atom stereocenters. The molecule has 1 unspecified atom stereocenters. The number of anilines is 1. The maximum Gasteiger partial charge on any atom is 0.128 e. The van der Waals surface area contributed by atoms with Crippen LogP contribution in [0.2, 0.25) is 0 Å². The largest absolute Gasteiger partial charge is 0.383 e. The van der Waals surface area contributed by atoms with Gasteiger partial charge in [-0.2, -0.15) is 0 Å². The second-order valence-corrected chi connectivity index (χ2v) is 5.12. The molecule has 102 valence electrons. The SMILES string of the molecule is CCCNC(c1c(C)ccnc1N)C(C)(C)OC. The van der Waals surface area contributed by atoms with Crippen molar-refractivity contribution >= 4 is 5.82 Å². The smallest absolute Gasteiger partial charge is 0.128 e. The first kappa shape index (κ1) is 14.9. The maximum absolute atomic E-state index is 6.04. The van der Waals surface area contributed by atoms with E-state index < -0.39 is 0 Å². The molecule has 0 radical (unpaired) electrons. The molecule has 0 aliphatic rings. The summed E-state index contributed by atoms with van der Waals surface area (Å²) in [6.45, 7) is 9.24. The summed E-state index contributed by atoms with van der Waals surface area (Å²) in [6, 6.07) is 2.02. The Morgan fingerprint density at radius 3 is 2.67 bits per heavy atom. The van der Waals surface area contributed by atoms with Crippen molar-refractivity contribution in [2.45, 2.75) is 45.8 Å². The van der Waals surface area contributed by atoms with E-state index in [-0.39, 0.29) is 11.6 Å². The van der Waals surface area contributed by atoms with E-state index in [1.807, 2.05) is 6.07 Å². The van der Waals surface area contributed by atoms with Gasteiger partial charge in [-0.15, -0.1) is 0 Å². The van der Waals surface area contributed by atoms with E-state index in [9.17, 15) is 0 Å². The standard InChI is InChI=1S/C14H25N3O/c1-6-8-16-12(14(3,4)18-5)11-10(2)7-9-17-13(11)15/h7,9,12,16H,6,8H2,1-5H3,(H2,15,17). The minimum absolute atomic E-state index is 0.0381. The van der Waals surface area contributed by atoms with Crippen LogP contribution < -0.4 is 11.1 Å². The molecule has 0 saturated heterocycles. The molecule has 0 aliphatic carbocycles. The van der Waals surface area contributed by atoms with Crippen molar-refractivity contribution in [2.24, 2.45) is 0 Å². The minimum Gasteiger partial charge on any atom is -0.383 e. The van der Waals surface area contributed by atoms with Crippen LogP contribution in [0.25, 0.3) is 0 Å². The van der Waals surface area contributed by atoms with Gasteiger partial charge in [0.1, 0.15) is 5.82 Å². The van der Waals surface area contributed by atoms with Gasteiger partial charge in [0, 0.05) is 18.9 Å². The summed E-state index contributed by atoms with van der Waals surface area (Å²) >= 11 is 0. The highest BCUT2D eigenvalue weighted by Gasteiger charge is 2.32. The van der Waals surface area contributed by atoms with E-state index in [1.54, 1.807) is 13.3 Å². The first-order valence-corrected chi connectivity index (χ1v) is 6.43. The molecule has 1 aromatic heterocycles. The van der Waals surface area contributed by atoms with Crippen molar-refractivity contribution in [2.75, 3.05) is 19.4 Å². The van der Waals surface area contributed by atoms with E-state index in [0.29, 0.717) is 5.82 Å². The number of nitrogen functional groups attached to an aromatic ring is 1. The van der Waals surface area contributed by atoms with Crippen molar-refractivity contribution in [3.05, 3.63) is 23.4 Å². The fourth-order valence-corrected chi connectivity index (χ4v) is 2.07. The lowest BCUT2D eigenvalue weighted by molar-refractivity contribution is -0.0111. The summed E-state index contributed by atoms with van der Waals surface area (Å²) in [4.78, 5) is 4.20. The Balaban J connectivity index is 3.17. The Bertz CT molecular complexity index is 370. The number of aryl methyl sites for hydroxylation is 1. The van der Waals surface area contributed by atoms with Crippen LogP contribution in [0.15, 0.2) is 12.3 Å². The van der Waals surface area contributed by atoms with Crippen molar-refractivity contribution in [1.82, 2.24) is 10.3 Å². The molecule has 18 heavy (non-hydrogen) atoms. The molecule has 1 rings (SSSR count). The number of methoxy groups -OCH3 is 1. The van der Waals surface area contributed by atoms with Crippen LogP contribution >= 0.6 is 0 Å². The van der Waals surface area contributed by atoms with E-state index in [1.165, 1.54) is 0 Å². The van der Waals surface area contributed by atoms with Gasteiger partial charge in [-0.25, -0.2) is 4.98 Å². The molecule has 1 heterocycles. The number of ether oxygens (including phenoxy) is 1. The normalized spacial score (nSPS) is 13.6. The van der Waals surface area contributed by atoms with Gasteiger partial charge in [0.05, 0.1) is 11.6 Å². The highest BCUT2D eigenvalue weighted by atomic mass is 16.5. The lowest BCUT2D eigenvalue weighted by Crippen LogP contribution is -2.42. The quantitative estimate of drug-likeness (QED) is 0.815. The number of pyridine rings is 1. The monoisotopic (exact) mass is 251 g/mol. The molecule has 0 fully saturated rings. The topological polar surface area (TPSA) is 60.2 Å². The first-order chi connectivity index (χ1) is 8.44. The third-order valence-electron chi connectivity index (χ3n) is 3.35. The van der Waals surface area contributed by atoms with Crippen molar-refractivity contribution in [3.8, 4) is 0 Å². The van der Waals surface area contributed by atoms with Gasteiger partial charge in [-0.1, -0.05) is 6.92 Å². The fraction of sp³-hybridized carbons (Fsp3) is 0.643. The maximum atomic E-state index is 6.04. The van der Waals surface area contributed by atoms with Gasteiger partial charge in [-0.05, 0) is 45.4 Å². The predicted molar refractivity (Wildman–Crippen MR) is 75.5 cm³/mol. The van der Waals surface area contributed by atoms with Gasteiger partial charge in [0.2, 0.25) is 0 Å². The Morgan fingerprint density at radius 2 is 2.17 bits per heavy atom. The summed E-state index contributed by atoms with van der Waals surface area (Å²) in [7, 11) is 1.72. The van der Waals surface area contributed by atoms with Crippen LogP contribution in [0.1, 0.15) is 44.4 Å². The minimum atomic E-state index is -0.336. The van der Waals surface area contributed by atoms with Crippen LogP contribution in [0.5, 0.6) is 0 Å². The zero-order valence-corrected chi connectivity index (χ0v) is 12.1. The Labute approximate surface area is 110 Å². The van der Waals surface area contributed by atoms with E-state index in [2.05, 4.69) is 38.0 Å². The van der Waals surface area contributed by atoms with Crippen molar-refractivity contribution in [1.29, 1.82) is 0 Å². The molecule has 0 saturated carbocycles. The average molecular weight is 251 g/mol. The number of hydrogen-bond donors (Lipinski definition) is 2. The molecule has 4 nitrogen and oxygen atoms in total. The zero-order chi connectivity index (χ0) is 13.8. The van der Waals surface area contributed by atoms with Crippen molar-refractivity contribution in [3.63, 3.8) is 0 Å². The number of nitrogens with one attached hydrogen (secondary N) is 1. The van der Waals surface area contributed by atoms with Crippen LogP contribution in [0.4, 0.5) is 5.82 Å². The van der Waals surface area contributed by atoms with Crippen LogP contribution in [-0.2, 0) is 4.74 Å². The Kier molecular flexibility index (Phi) is 5.11. The molecular formula is C14H25N3O.